The van der Waals surface area contributed by atoms with Gasteiger partial charge in [-0.3, -0.25) is 0 Å². The highest BCUT2D eigenvalue weighted by Gasteiger charge is 2.58. The number of hydrogen-bond donors (Lipinski definition) is 0. The number of azide groups is 1. The minimum atomic E-state index is -0.668. The van der Waals surface area contributed by atoms with Gasteiger partial charge in [0.1, 0.15) is 24.4 Å². The van der Waals surface area contributed by atoms with Crippen LogP contribution in [0.4, 0.5) is 0 Å². The van der Waals surface area contributed by atoms with Gasteiger partial charge < -0.3 is 28.4 Å². The first-order chi connectivity index (χ1) is 15.8. The zero-order valence-electron chi connectivity index (χ0n) is 20.9. The van der Waals surface area contributed by atoms with Crippen LogP contribution in [-0.2, 0) is 28.4 Å². The second-order valence-electron chi connectivity index (χ2n) is 10.3. The molecule has 0 radical (unpaired) electrons. The molecule has 3 heterocycles. The lowest BCUT2D eigenvalue weighted by atomic mass is 10.1. The lowest BCUT2D eigenvalue weighted by Gasteiger charge is -2.29. The third-order valence-corrected chi connectivity index (χ3v) is 6.45. The Bertz CT molecular complexity index is 640. The largest absolute Gasteiger partial charge is 0.372 e. The minimum absolute atomic E-state index is 0.190. The quantitative estimate of drug-likeness (QED) is 0.134. The molecule has 0 amide bonds. The maximum absolute atomic E-state index is 8.25. The van der Waals surface area contributed by atoms with E-state index < -0.39 is 17.9 Å². The summed E-state index contributed by atoms with van der Waals surface area (Å²) in [4.78, 5) is 2.78. The Hall–Kier alpha value is -0.930. The molecule has 3 rings (SSSR count). The molecule has 0 aromatic rings. The van der Waals surface area contributed by atoms with Crippen molar-refractivity contribution in [3.63, 3.8) is 0 Å². The molecule has 9 heteroatoms. The SMILES string of the molecule is CC1(C)O[C@H]2O[C@H]([C@H]3COC(C)(C)O3)[C@H](OCCCCCCCCCCCCN=[N+]=[N-])[C@H]2O1. The third kappa shape index (κ3) is 8.35. The lowest BCUT2D eigenvalue weighted by Crippen LogP contribution is -2.44. The third-order valence-electron chi connectivity index (χ3n) is 6.45. The van der Waals surface area contributed by atoms with Gasteiger partial charge in [0.25, 0.3) is 0 Å². The van der Waals surface area contributed by atoms with Crippen molar-refractivity contribution in [2.24, 2.45) is 5.11 Å². The number of unbranched alkanes of at least 4 members (excludes halogenated alkanes) is 9. The summed E-state index contributed by atoms with van der Waals surface area (Å²) >= 11 is 0. The van der Waals surface area contributed by atoms with E-state index in [1.807, 2.05) is 27.7 Å². The van der Waals surface area contributed by atoms with Crippen molar-refractivity contribution in [1.82, 2.24) is 0 Å². The van der Waals surface area contributed by atoms with Crippen molar-refractivity contribution in [1.29, 1.82) is 0 Å². The van der Waals surface area contributed by atoms with E-state index in [1.165, 1.54) is 38.5 Å². The van der Waals surface area contributed by atoms with E-state index in [2.05, 4.69) is 10.0 Å². The van der Waals surface area contributed by atoms with Crippen LogP contribution in [0.1, 0.15) is 91.9 Å². The Kier molecular flexibility index (Phi) is 10.2. The van der Waals surface area contributed by atoms with Crippen LogP contribution in [0.3, 0.4) is 0 Å². The number of hydrogen-bond acceptors (Lipinski definition) is 7. The molecule has 0 saturated carbocycles. The Morgan fingerprint density at radius 2 is 1.45 bits per heavy atom. The first-order valence-corrected chi connectivity index (χ1v) is 12.8. The fourth-order valence-electron chi connectivity index (χ4n) is 4.83. The van der Waals surface area contributed by atoms with E-state index >= 15 is 0 Å². The Morgan fingerprint density at radius 3 is 2.06 bits per heavy atom. The highest BCUT2D eigenvalue weighted by molar-refractivity contribution is 4.98. The summed E-state index contributed by atoms with van der Waals surface area (Å²) in [6.07, 6.45) is 10.6. The maximum atomic E-state index is 8.25. The van der Waals surface area contributed by atoms with Crippen LogP contribution in [0.25, 0.3) is 10.4 Å². The zero-order chi connectivity index (χ0) is 23.7. The summed E-state index contributed by atoms with van der Waals surface area (Å²) in [5.41, 5.74) is 8.25. The number of ether oxygens (including phenoxy) is 6. The molecule has 3 aliphatic heterocycles. The van der Waals surface area contributed by atoms with Crippen LogP contribution < -0.4 is 0 Å². The van der Waals surface area contributed by atoms with Crippen LogP contribution in [0, 0.1) is 0 Å². The lowest BCUT2D eigenvalue weighted by molar-refractivity contribution is -0.236. The second-order valence-corrected chi connectivity index (χ2v) is 10.3. The highest BCUT2D eigenvalue weighted by atomic mass is 16.8. The Labute approximate surface area is 198 Å². The molecule has 0 aromatic heterocycles. The topological polar surface area (TPSA) is 104 Å². The van der Waals surface area contributed by atoms with Crippen LogP contribution in [0.5, 0.6) is 0 Å². The fraction of sp³-hybridized carbons (Fsp3) is 1.00. The van der Waals surface area contributed by atoms with Crippen molar-refractivity contribution in [2.75, 3.05) is 19.8 Å². The van der Waals surface area contributed by atoms with Gasteiger partial charge >= 0.3 is 0 Å². The predicted molar refractivity (Wildman–Crippen MR) is 124 cm³/mol. The molecule has 3 fully saturated rings. The van der Waals surface area contributed by atoms with Gasteiger partial charge in [-0.05, 0) is 46.1 Å². The van der Waals surface area contributed by atoms with Gasteiger partial charge in [0.15, 0.2) is 17.9 Å². The molecule has 190 valence electrons. The van der Waals surface area contributed by atoms with Gasteiger partial charge in [0.05, 0.1) is 6.61 Å². The smallest absolute Gasteiger partial charge is 0.190 e. The van der Waals surface area contributed by atoms with Gasteiger partial charge in [-0.15, -0.1) is 0 Å². The molecule has 0 bridgehead atoms. The summed E-state index contributed by atoms with van der Waals surface area (Å²) in [5.74, 6) is -1.28. The van der Waals surface area contributed by atoms with E-state index in [4.69, 9.17) is 34.0 Å². The molecule has 3 aliphatic rings. The molecular formula is C24H43N3O6. The summed E-state index contributed by atoms with van der Waals surface area (Å²) in [5, 5.41) is 3.57. The molecule has 0 aliphatic carbocycles. The molecule has 5 atom stereocenters. The Morgan fingerprint density at radius 1 is 0.818 bits per heavy atom. The molecule has 3 saturated heterocycles. The molecule has 0 aromatic carbocycles. The van der Waals surface area contributed by atoms with Crippen molar-refractivity contribution in [3.05, 3.63) is 10.4 Å². The summed E-state index contributed by atoms with van der Waals surface area (Å²) in [6.45, 7) is 9.43. The number of nitrogens with zero attached hydrogens (tertiary/aromatic N) is 3. The standard InChI is InChI=1S/C24H43N3O6/c1-23(2)29-17-18(31-23)19-20(21-22(30-19)33-24(3,4)32-21)28-16-14-12-10-8-6-5-7-9-11-13-15-26-27-25/h18-22H,5-17H2,1-4H3/t18-,19-,20+,21-,22-/m1/s1. The van der Waals surface area contributed by atoms with E-state index in [0.717, 1.165) is 25.7 Å². The van der Waals surface area contributed by atoms with Crippen molar-refractivity contribution < 1.29 is 28.4 Å². The molecule has 0 unspecified atom stereocenters. The second kappa shape index (κ2) is 12.7. The highest BCUT2D eigenvalue weighted by Crippen LogP contribution is 2.42. The van der Waals surface area contributed by atoms with Crippen LogP contribution in [0.15, 0.2) is 5.11 Å². The average molecular weight is 470 g/mol. The van der Waals surface area contributed by atoms with E-state index in [1.54, 1.807) is 0 Å². The zero-order valence-corrected chi connectivity index (χ0v) is 20.9. The van der Waals surface area contributed by atoms with E-state index in [-0.39, 0.29) is 24.4 Å². The van der Waals surface area contributed by atoms with Crippen molar-refractivity contribution >= 4 is 0 Å². The molecule has 9 nitrogen and oxygen atoms in total. The van der Waals surface area contributed by atoms with Crippen LogP contribution in [0.2, 0.25) is 0 Å². The normalized spacial score (nSPS) is 32.1. The number of rotatable bonds is 15. The Balaban J connectivity index is 1.29. The van der Waals surface area contributed by atoms with Gasteiger partial charge in [0.2, 0.25) is 0 Å². The first kappa shape index (κ1) is 26.7. The van der Waals surface area contributed by atoms with Crippen molar-refractivity contribution in [2.45, 2.75) is 134 Å². The summed E-state index contributed by atoms with van der Waals surface area (Å²) in [7, 11) is 0. The molecule has 33 heavy (non-hydrogen) atoms. The molecule has 0 N–H and O–H groups in total. The van der Waals surface area contributed by atoms with Gasteiger partial charge in [0, 0.05) is 18.1 Å². The maximum Gasteiger partial charge on any atom is 0.190 e. The van der Waals surface area contributed by atoms with E-state index in [9.17, 15) is 0 Å². The van der Waals surface area contributed by atoms with Gasteiger partial charge in [-0.2, -0.15) is 0 Å². The average Bonchev–Trinajstić information content (AvgIpc) is 3.37. The molecule has 0 spiro atoms. The van der Waals surface area contributed by atoms with Gasteiger partial charge in [-0.1, -0.05) is 56.5 Å². The summed E-state index contributed by atoms with van der Waals surface area (Å²) in [6, 6.07) is 0. The molecular weight excluding hydrogens is 426 g/mol. The predicted octanol–water partition coefficient (Wildman–Crippen LogP) is 5.61. The number of fused-ring (bicyclic) bond motifs is 1. The fourth-order valence-corrected chi connectivity index (χ4v) is 4.83. The van der Waals surface area contributed by atoms with Crippen LogP contribution >= 0.6 is 0 Å². The van der Waals surface area contributed by atoms with Crippen LogP contribution in [-0.4, -0.2) is 62.0 Å². The van der Waals surface area contributed by atoms with Gasteiger partial charge in [-0.25, -0.2) is 0 Å². The monoisotopic (exact) mass is 469 g/mol. The summed E-state index contributed by atoms with van der Waals surface area (Å²) < 4.78 is 36.3. The van der Waals surface area contributed by atoms with E-state index in [0.29, 0.717) is 19.8 Å². The first-order valence-electron chi connectivity index (χ1n) is 12.8. The minimum Gasteiger partial charge on any atom is -0.372 e. The van der Waals surface area contributed by atoms with Crippen molar-refractivity contribution in [3.8, 4) is 0 Å².